The summed E-state index contributed by atoms with van der Waals surface area (Å²) >= 11 is 3.39. The van der Waals surface area contributed by atoms with Crippen molar-refractivity contribution in [3.8, 4) is 0 Å². The quantitative estimate of drug-likeness (QED) is 0.581. The Morgan fingerprint density at radius 3 is 2.64 bits per heavy atom. The van der Waals surface area contributed by atoms with Gasteiger partial charge in [0.05, 0.1) is 6.26 Å². The van der Waals surface area contributed by atoms with E-state index in [2.05, 4.69) is 28.1 Å². The van der Waals surface area contributed by atoms with Crippen LogP contribution in [0.3, 0.4) is 0 Å². The Labute approximate surface area is 93.2 Å². The molecule has 14 heavy (non-hydrogen) atoms. The summed E-state index contributed by atoms with van der Waals surface area (Å²) in [6.45, 7) is 2.54. The molecule has 0 saturated carbocycles. The predicted molar refractivity (Wildman–Crippen MR) is 63.9 cm³/mol. The molecule has 0 saturated heterocycles. The van der Waals surface area contributed by atoms with Gasteiger partial charge in [-0.25, -0.2) is 0 Å². The van der Waals surface area contributed by atoms with Crippen molar-refractivity contribution in [3.63, 3.8) is 0 Å². The zero-order chi connectivity index (χ0) is 10.2. The van der Waals surface area contributed by atoms with Crippen molar-refractivity contribution in [2.45, 2.75) is 6.92 Å². The highest BCUT2D eigenvalue weighted by Crippen LogP contribution is 2.11. The van der Waals surface area contributed by atoms with Crippen LogP contribution in [0.4, 0.5) is 0 Å². The molecular weight excluding hydrogens is 240 g/mol. The summed E-state index contributed by atoms with van der Waals surface area (Å²) in [5.41, 5.74) is 1.18. The molecule has 0 unspecified atom stereocenters. The second-order valence-electron chi connectivity index (χ2n) is 2.76. The summed E-state index contributed by atoms with van der Waals surface area (Å²) in [5.74, 6) is 0. The van der Waals surface area contributed by atoms with E-state index in [1.165, 1.54) is 5.56 Å². The third-order valence-corrected chi connectivity index (χ3v) is 2.13. The standard InChI is InChI=1S/C12H13BrO/c1-2-9-14-10-3-4-11-5-7-12(13)8-6-11/h2-9H,10H2,1H3/b4-3+,9-2+. The molecule has 1 aromatic carbocycles. The maximum atomic E-state index is 5.15. The van der Waals surface area contributed by atoms with Crippen LogP contribution in [0.5, 0.6) is 0 Å². The van der Waals surface area contributed by atoms with Crippen molar-refractivity contribution < 1.29 is 4.74 Å². The monoisotopic (exact) mass is 252 g/mol. The molecule has 0 aliphatic carbocycles. The molecule has 0 bridgehead atoms. The number of halogens is 1. The number of allylic oxidation sites excluding steroid dienone is 1. The fourth-order valence-electron chi connectivity index (χ4n) is 0.965. The van der Waals surface area contributed by atoms with Gasteiger partial charge in [0.25, 0.3) is 0 Å². The lowest BCUT2D eigenvalue weighted by atomic mass is 10.2. The zero-order valence-electron chi connectivity index (χ0n) is 8.11. The summed E-state index contributed by atoms with van der Waals surface area (Å²) < 4.78 is 6.25. The Morgan fingerprint density at radius 1 is 1.29 bits per heavy atom. The maximum absolute atomic E-state index is 5.15. The van der Waals surface area contributed by atoms with Gasteiger partial charge in [0.1, 0.15) is 6.61 Å². The van der Waals surface area contributed by atoms with Gasteiger partial charge in [0.15, 0.2) is 0 Å². The molecule has 0 N–H and O–H groups in total. The van der Waals surface area contributed by atoms with E-state index < -0.39 is 0 Å². The third kappa shape index (κ3) is 4.28. The van der Waals surface area contributed by atoms with E-state index in [4.69, 9.17) is 4.74 Å². The third-order valence-electron chi connectivity index (χ3n) is 1.61. The maximum Gasteiger partial charge on any atom is 0.106 e. The van der Waals surface area contributed by atoms with Gasteiger partial charge in [-0.15, -0.1) is 0 Å². The molecule has 1 nitrogen and oxygen atoms in total. The molecule has 0 spiro atoms. The molecular formula is C12H13BrO. The molecule has 2 heteroatoms. The first-order valence-corrected chi connectivity index (χ1v) is 5.27. The topological polar surface area (TPSA) is 9.23 Å². The van der Waals surface area contributed by atoms with E-state index in [1.807, 2.05) is 37.3 Å². The molecule has 0 aliphatic rings. The SMILES string of the molecule is C/C=C/OC/C=C/c1ccc(Br)cc1. The number of benzene rings is 1. The molecule has 0 atom stereocenters. The number of hydrogen-bond donors (Lipinski definition) is 0. The average Bonchev–Trinajstić information content (AvgIpc) is 2.21. The Morgan fingerprint density at radius 2 is 2.00 bits per heavy atom. The molecule has 74 valence electrons. The smallest absolute Gasteiger partial charge is 0.106 e. The number of hydrogen-bond acceptors (Lipinski definition) is 1. The normalized spacial score (nSPS) is 11.3. The van der Waals surface area contributed by atoms with Crippen molar-refractivity contribution in [2.75, 3.05) is 6.61 Å². The van der Waals surface area contributed by atoms with Crippen LogP contribution < -0.4 is 0 Å². The summed E-state index contributed by atoms with van der Waals surface area (Å²) in [4.78, 5) is 0. The summed E-state index contributed by atoms with van der Waals surface area (Å²) in [6.07, 6.45) is 7.58. The Balaban J connectivity index is 2.40. The van der Waals surface area contributed by atoms with Crippen LogP contribution in [0.2, 0.25) is 0 Å². The first-order chi connectivity index (χ1) is 6.83. The first kappa shape index (κ1) is 11.1. The molecule has 0 radical (unpaired) electrons. The molecule has 0 amide bonds. The first-order valence-electron chi connectivity index (χ1n) is 4.48. The minimum absolute atomic E-state index is 0.612. The molecule has 0 aliphatic heterocycles. The number of ether oxygens (including phenoxy) is 1. The fraction of sp³-hybridized carbons (Fsp3) is 0.167. The minimum Gasteiger partial charge on any atom is -0.497 e. The highest BCUT2D eigenvalue weighted by Gasteiger charge is 1.86. The van der Waals surface area contributed by atoms with Crippen LogP contribution in [0.1, 0.15) is 12.5 Å². The van der Waals surface area contributed by atoms with Crippen molar-refractivity contribution >= 4 is 22.0 Å². The summed E-state index contributed by atoms with van der Waals surface area (Å²) in [5, 5.41) is 0. The molecule has 0 aromatic heterocycles. The lowest BCUT2D eigenvalue weighted by molar-refractivity contribution is 0.290. The second-order valence-corrected chi connectivity index (χ2v) is 3.67. The lowest BCUT2D eigenvalue weighted by Crippen LogP contribution is -1.80. The van der Waals surface area contributed by atoms with Crippen molar-refractivity contribution in [1.82, 2.24) is 0 Å². The van der Waals surface area contributed by atoms with Crippen LogP contribution in [-0.4, -0.2) is 6.61 Å². The zero-order valence-corrected chi connectivity index (χ0v) is 9.70. The Bertz CT molecular complexity index is 312. The van der Waals surface area contributed by atoms with E-state index in [0.717, 1.165) is 4.47 Å². The summed E-state index contributed by atoms with van der Waals surface area (Å²) in [7, 11) is 0. The van der Waals surface area contributed by atoms with Gasteiger partial charge in [0, 0.05) is 4.47 Å². The van der Waals surface area contributed by atoms with Crippen molar-refractivity contribution in [2.24, 2.45) is 0 Å². The van der Waals surface area contributed by atoms with E-state index in [-0.39, 0.29) is 0 Å². The van der Waals surface area contributed by atoms with Crippen LogP contribution >= 0.6 is 15.9 Å². The van der Waals surface area contributed by atoms with Crippen LogP contribution in [0.15, 0.2) is 47.2 Å². The van der Waals surface area contributed by atoms with Gasteiger partial charge in [-0.05, 0) is 30.7 Å². The predicted octanol–water partition coefficient (Wildman–Crippen LogP) is 4.01. The van der Waals surface area contributed by atoms with Gasteiger partial charge >= 0.3 is 0 Å². The molecule has 1 aromatic rings. The highest BCUT2D eigenvalue weighted by molar-refractivity contribution is 9.10. The van der Waals surface area contributed by atoms with Crippen LogP contribution in [-0.2, 0) is 4.74 Å². The highest BCUT2D eigenvalue weighted by atomic mass is 79.9. The van der Waals surface area contributed by atoms with E-state index >= 15 is 0 Å². The lowest BCUT2D eigenvalue weighted by Gasteiger charge is -1.95. The van der Waals surface area contributed by atoms with E-state index in [1.54, 1.807) is 6.26 Å². The fourth-order valence-corrected chi connectivity index (χ4v) is 1.23. The van der Waals surface area contributed by atoms with E-state index in [0.29, 0.717) is 6.61 Å². The average molecular weight is 253 g/mol. The second kappa shape index (κ2) is 6.44. The van der Waals surface area contributed by atoms with Gasteiger partial charge in [-0.3, -0.25) is 0 Å². The van der Waals surface area contributed by atoms with Crippen molar-refractivity contribution in [1.29, 1.82) is 0 Å². The Hall–Kier alpha value is -1.02. The number of rotatable bonds is 4. The van der Waals surface area contributed by atoms with Crippen molar-refractivity contribution in [3.05, 3.63) is 52.7 Å². The van der Waals surface area contributed by atoms with Gasteiger partial charge in [0.2, 0.25) is 0 Å². The van der Waals surface area contributed by atoms with Gasteiger partial charge in [-0.2, -0.15) is 0 Å². The van der Waals surface area contributed by atoms with Gasteiger partial charge < -0.3 is 4.74 Å². The van der Waals surface area contributed by atoms with Crippen LogP contribution in [0.25, 0.3) is 6.08 Å². The molecule has 0 heterocycles. The van der Waals surface area contributed by atoms with Gasteiger partial charge in [-0.1, -0.05) is 40.2 Å². The Kier molecular flexibility index (Phi) is 5.08. The molecule has 1 rings (SSSR count). The summed E-state index contributed by atoms with van der Waals surface area (Å²) in [6, 6.07) is 8.14. The largest absolute Gasteiger partial charge is 0.497 e. The van der Waals surface area contributed by atoms with E-state index in [9.17, 15) is 0 Å². The van der Waals surface area contributed by atoms with Crippen LogP contribution in [0, 0.1) is 0 Å². The molecule has 0 fully saturated rings. The minimum atomic E-state index is 0.612.